The van der Waals surface area contributed by atoms with Crippen LogP contribution in [0.4, 0.5) is 48.1 Å². The molecule has 1 aromatic carbocycles. The van der Waals surface area contributed by atoms with Gasteiger partial charge in [0.25, 0.3) is 5.56 Å². The highest BCUT2D eigenvalue weighted by Gasteiger charge is 2.37. The molecule has 3 aromatic rings. The zero-order valence-corrected chi connectivity index (χ0v) is 21.2. The highest BCUT2D eigenvalue weighted by molar-refractivity contribution is 5.97. The van der Waals surface area contributed by atoms with Gasteiger partial charge in [0.15, 0.2) is 11.6 Å². The fourth-order valence-electron chi connectivity index (χ4n) is 4.02. The van der Waals surface area contributed by atoms with Gasteiger partial charge in [-0.05, 0) is 19.1 Å². The van der Waals surface area contributed by atoms with Gasteiger partial charge in [-0.1, -0.05) is 6.07 Å². The molecule has 1 aliphatic heterocycles. The van der Waals surface area contributed by atoms with Crippen molar-refractivity contribution in [1.82, 2.24) is 20.2 Å². The van der Waals surface area contributed by atoms with Crippen LogP contribution in [-0.2, 0) is 17.1 Å². The molecule has 3 heterocycles. The predicted octanol–water partition coefficient (Wildman–Crippen LogP) is 3.86. The summed E-state index contributed by atoms with van der Waals surface area (Å²) in [5, 5.41) is 7.68. The molecule has 0 radical (unpaired) electrons. The number of alkyl halides is 6. The number of ether oxygens (including phenoxy) is 1. The number of carbonyl (C=O) groups is 1. The maximum Gasteiger partial charge on any atom is 0.423 e. The largest absolute Gasteiger partial charge is 0.490 e. The Balaban J connectivity index is 1.36. The van der Waals surface area contributed by atoms with E-state index in [0.717, 1.165) is 11.1 Å². The number of benzene rings is 1. The molecule has 0 bridgehead atoms. The zero-order chi connectivity index (χ0) is 29.9. The average molecular weight is 589 g/mol. The van der Waals surface area contributed by atoms with Crippen molar-refractivity contribution < 1.29 is 40.3 Å². The summed E-state index contributed by atoms with van der Waals surface area (Å²) in [4.78, 5) is 34.3. The first-order valence-corrected chi connectivity index (χ1v) is 12.0. The van der Waals surface area contributed by atoms with Gasteiger partial charge >= 0.3 is 12.4 Å². The number of nitrogens with one attached hydrogen (secondary N) is 2. The topological polar surface area (TPSA) is 116 Å². The maximum atomic E-state index is 15.3. The lowest BCUT2D eigenvalue weighted by Crippen LogP contribution is -2.51. The second kappa shape index (κ2) is 11.6. The van der Waals surface area contributed by atoms with E-state index in [9.17, 15) is 35.9 Å². The third-order valence-corrected chi connectivity index (χ3v) is 6.05. The number of hydrogen-bond acceptors (Lipinski definition) is 8. The molecule has 1 amide bonds. The molecule has 0 saturated carbocycles. The first kappa shape index (κ1) is 29.5. The molecule has 0 unspecified atom stereocenters. The lowest BCUT2D eigenvalue weighted by Gasteiger charge is -2.34. The van der Waals surface area contributed by atoms with Crippen molar-refractivity contribution in [1.29, 1.82) is 0 Å². The fourth-order valence-corrected chi connectivity index (χ4v) is 4.02. The van der Waals surface area contributed by atoms with E-state index in [4.69, 9.17) is 4.74 Å². The molecule has 2 N–H and O–H groups in total. The van der Waals surface area contributed by atoms with E-state index in [0.29, 0.717) is 12.4 Å². The van der Waals surface area contributed by atoms with Crippen LogP contribution in [0.1, 0.15) is 24.5 Å². The van der Waals surface area contributed by atoms with Crippen molar-refractivity contribution in [2.45, 2.75) is 31.7 Å². The smallest absolute Gasteiger partial charge is 0.423 e. The van der Waals surface area contributed by atoms with Crippen LogP contribution in [0.5, 0.6) is 5.75 Å². The number of amides is 1. The van der Waals surface area contributed by atoms with Gasteiger partial charge in [-0.25, -0.2) is 19.5 Å². The summed E-state index contributed by atoms with van der Waals surface area (Å²) in [7, 11) is 0. The minimum Gasteiger partial charge on any atom is -0.490 e. The van der Waals surface area contributed by atoms with E-state index in [1.165, 1.54) is 30.0 Å². The van der Waals surface area contributed by atoms with Crippen molar-refractivity contribution in [3.63, 3.8) is 0 Å². The van der Waals surface area contributed by atoms with Gasteiger partial charge in [0.1, 0.15) is 12.1 Å². The molecular weight excluding hydrogens is 567 g/mol. The summed E-state index contributed by atoms with van der Waals surface area (Å²) >= 11 is 0. The summed E-state index contributed by atoms with van der Waals surface area (Å²) in [6, 6.07) is 3.49. The molecule has 4 rings (SSSR count). The van der Waals surface area contributed by atoms with Crippen LogP contribution >= 0.6 is 0 Å². The lowest BCUT2D eigenvalue weighted by atomic mass is 10.2. The fraction of sp³-hybridized carbons (Fsp3) is 0.375. The van der Waals surface area contributed by atoms with E-state index >= 15 is 4.39 Å². The molecule has 1 atom stereocenters. The Hall–Kier alpha value is -4.44. The summed E-state index contributed by atoms with van der Waals surface area (Å²) in [6.45, 7) is 1.20. The van der Waals surface area contributed by atoms with E-state index in [1.54, 1.807) is 5.10 Å². The van der Waals surface area contributed by atoms with Crippen molar-refractivity contribution in [3.8, 4) is 5.75 Å². The predicted molar refractivity (Wildman–Crippen MR) is 131 cm³/mol. The lowest BCUT2D eigenvalue weighted by molar-refractivity contribution is -0.139. The van der Waals surface area contributed by atoms with Crippen LogP contribution in [-0.4, -0.2) is 58.4 Å². The van der Waals surface area contributed by atoms with E-state index in [2.05, 4.69) is 20.4 Å². The number of nitrogens with zero attached hydrogens (tertiary/aromatic N) is 5. The quantitative estimate of drug-likeness (QED) is 0.381. The number of aromatic nitrogens is 4. The van der Waals surface area contributed by atoms with Crippen LogP contribution in [0.15, 0.2) is 41.6 Å². The number of hydrogen-bond donors (Lipinski definition) is 2. The third kappa shape index (κ3) is 6.83. The van der Waals surface area contributed by atoms with Crippen LogP contribution in [0, 0.1) is 5.82 Å². The Morgan fingerprint density at radius 1 is 1.05 bits per heavy atom. The molecule has 1 saturated heterocycles. The second-order valence-corrected chi connectivity index (χ2v) is 8.99. The summed E-state index contributed by atoms with van der Waals surface area (Å²) < 4.78 is 98.7. The van der Waals surface area contributed by atoms with Gasteiger partial charge in [0.2, 0.25) is 11.9 Å². The van der Waals surface area contributed by atoms with Crippen LogP contribution in [0.3, 0.4) is 0 Å². The van der Waals surface area contributed by atoms with Gasteiger partial charge in [-0.15, -0.1) is 0 Å². The van der Waals surface area contributed by atoms with Gasteiger partial charge < -0.3 is 19.9 Å². The number of halogens is 7. The van der Waals surface area contributed by atoms with Crippen LogP contribution < -0.4 is 25.4 Å². The molecule has 41 heavy (non-hydrogen) atoms. The molecule has 17 heteroatoms. The molecule has 1 fully saturated rings. The average Bonchev–Trinajstić information content (AvgIpc) is 2.89. The SMILES string of the molecule is C[C@@H](CCOc1cccc(N2CCN(c3ncc(C(F)(F)F)cn3)CC2=O)c1F)Nc1cn[nH]c(=O)c1C(F)(F)F. The Bertz CT molecular complexity index is 1450. The Labute approximate surface area is 227 Å². The normalized spacial score (nSPS) is 15.2. The van der Waals surface area contributed by atoms with E-state index in [1.807, 2.05) is 0 Å². The Morgan fingerprint density at radius 3 is 2.39 bits per heavy atom. The van der Waals surface area contributed by atoms with E-state index < -0.39 is 52.5 Å². The minimum absolute atomic E-state index is 0.0175. The number of piperazine rings is 1. The van der Waals surface area contributed by atoms with E-state index in [-0.39, 0.29) is 50.0 Å². The highest BCUT2D eigenvalue weighted by Crippen LogP contribution is 2.33. The zero-order valence-electron chi connectivity index (χ0n) is 21.2. The highest BCUT2D eigenvalue weighted by atomic mass is 19.4. The maximum absolute atomic E-state index is 15.3. The van der Waals surface area contributed by atoms with Gasteiger partial charge in [0.05, 0.1) is 29.7 Å². The Kier molecular flexibility index (Phi) is 8.34. The van der Waals surface area contributed by atoms with Crippen molar-refractivity contribution in [3.05, 3.63) is 64.1 Å². The van der Waals surface area contributed by atoms with Crippen LogP contribution in [0.25, 0.3) is 0 Å². The number of H-pyrrole nitrogens is 1. The molecular formula is C24H22F7N7O3. The summed E-state index contributed by atoms with van der Waals surface area (Å²) in [6.07, 6.45) is -7.35. The monoisotopic (exact) mass is 589 g/mol. The summed E-state index contributed by atoms with van der Waals surface area (Å²) in [5.41, 5.74) is -4.45. The van der Waals surface area contributed by atoms with Crippen LogP contribution in [0.2, 0.25) is 0 Å². The molecule has 10 nitrogen and oxygen atoms in total. The van der Waals surface area contributed by atoms with Gasteiger partial charge in [0, 0.05) is 37.9 Å². The van der Waals surface area contributed by atoms with Gasteiger partial charge in [-0.3, -0.25) is 9.59 Å². The van der Waals surface area contributed by atoms with Gasteiger partial charge in [-0.2, -0.15) is 31.4 Å². The first-order chi connectivity index (χ1) is 19.3. The molecule has 0 spiro atoms. The second-order valence-electron chi connectivity index (χ2n) is 8.99. The third-order valence-electron chi connectivity index (χ3n) is 6.05. The van der Waals surface area contributed by atoms with Crippen molar-refractivity contribution >= 4 is 23.2 Å². The summed E-state index contributed by atoms with van der Waals surface area (Å²) in [5.74, 6) is -1.69. The van der Waals surface area contributed by atoms with Crippen molar-refractivity contribution in [2.75, 3.05) is 41.4 Å². The standard InChI is InChI=1S/C24H22F7N7O3/c1-13(35-15-11-34-36-21(40)19(15)24(29,30)31)5-8-41-17-4-2-3-16(20(17)25)38-7-6-37(12-18(38)39)22-32-9-14(10-33-22)23(26,27)28/h2-4,9-11,13H,5-8,12H2,1H3,(H2,35,36,40)/t13-/m0/s1. The number of carbonyl (C=O) groups excluding carboxylic acids is 1. The number of rotatable bonds is 8. The molecule has 220 valence electrons. The molecule has 1 aliphatic rings. The Morgan fingerprint density at radius 2 is 1.76 bits per heavy atom. The number of aromatic amines is 1. The molecule has 0 aliphatic carbocycles. The molecule has 2 aromatic heterocycles. The van der Waals surface area contributed by atoms with Crippen molar-refractivity contribution in [2.24, 2.45) is 0 Å². The first-order valence-electron chi connectivity index (χ1n) is 12.0. The number of anilines is 3. The minimum atomic E-state index is -4.91.